The highest BCUT2D eigenvalue weighted by Gasteiger charge is 2.39. The average Bonchev–Trinajstić information content (AvgIpc) is 3.21. The molecule has 0 unspecified atom stereocenters. The van der Waals surface area contributed by atoms with Gasteiger partial charge in [-0.05, 0) is 36.8 Å². The molecule has 0 spiro atoms. The van der Waals surface area contributed by atoms with Crippen LogP contribution in [0.2, 0.25) is 0 Å². The molecule has 122 valence electrons. The normalized spacial score (nSPS) is 17.9. The molecule has 2 atom stereocenters. The van der Waals surface area contributed by atoms with Crippen molar-refractivity contribution >= 4 is 11.8 Å². The summed E-state index contributed by atoms with van der Waals surface area (Å²) < 4.78 is 0. The van der Waals surface area contributed by atoms with E-state index in [1.807, 2.05) is 6.07 Å². The van der Waals surface area contributed by atoms with E-state index in [4.69, 9.17) is 5.73 Å². The SMILES string of the molecule is Nc1ccc(C[C@H](c2nn[nH]n2)[C@@H](C(=O)O)C2CCCC2)cn1. The number of nitrogens with two attached hydrogens (primary N) is 1. The molecule has 0 aromatic carbocycles. The minimum atomic E-state index is -0.796. The van der Waals surface area contributed by atoms with E-state index in [0.717, 1.165) is 31.2 Å². The minimum absolute atomic E-state index is 0.151. The number of aliphatic carboxylic acids is 1. The second-order valence-electron chi connectivity index (χ2n) is 6.08. The van der Waals surface area contributed by atoms with E-state index in [1.165, 1.54) is 0 Å². The number of aromatic nitrogens is 5. The Morgan fingerprint density at radius 3 is 2.74 bits per heavy atom. The molecule has 8 nitrogen and oxygen atoms in total. The molecule has 2 aromatic heterocycles. The van der Waals surface area contributed by atoms with Gasteiger partial charge in [-0.15, -0.1) is 10.2 Å². The number of nitrogens with one attached hydrogen (secondary N) is 1. The van der Waals surface area contributed by atoms with E-state index in [9.17, 15) is 9.90 Å². The van der Waals surface area contributed by atoms with E-state index in [0.29, 0.717) is 18.1 Å². The maximum atomic E-state index is 11.9. The molecule has 3 rings (SSSR count). The number of carbonyl (C=O) groups is 1. The largest absolute Gasteiger partial charge is 0.481 e. The number of pyridine rings is 1. The van der Waals surface area contributed by atoms with E-state index >= 15 is 0 Å². The van der Waals surface area contributed by atoms with Crippen LogP contribution in [-0.2, 0) is 11.2 Å². The van der Waals surface area contributed by atoms with Crippen molar-refractivity contribution in [2.45, 2.75) is 38.0 Å². The fourth-order valence-corrected chi connectivity index (χ4v) is 3.53. The molecule has 0 amide bonds. The fourth-order valence-electron chi connectivity index (χ4n) is 3.53. The zero-order valence-electron chi connectivity index (χ0n) is 12.7. The van der Waals surface area contributed by atoms with Gasteiger partial charge in [-0.1, -0.05) is 24.1 Å². The maximum Gasteiger partial charge on any atom is 0.307 e. The number of H-pyrrole nitrogens is 1. The number of anilines is 1. The molecule has 4 N–H and O–H groups in total. The highest BCUT2D eigenvalue weighted by Crippen LogP contribution is 2.40. The molecule has 23 heavy (non-hydrogen) atoms. The second kappa shape index (κ2) is 6.72. The molecule has 2 heterocycles. The Morgan fingerprint density at radius 1 is 1.39 bits per heavy atom. The fraction of sp³-hybridized carbons (Fsp3) is 0.533. The van der Waals surface area contributed by atoms with Crippen molar-refractivity contribution in [2.24, 2.45) is 11.8 Å². The van der Waals surface area contributed by atoms with Crippen LogP contribution in [0.15, 0.2) is 18.3 Å². The Hall–Kier alpha value is -2.51. The molecule has 1 aliphatic rings. The van der Waals surface area contributed by atoms with Crippen LogP contribution < -0.4 is 5.73 Å². The van der Waals surface area contributed by atoms with Gasteiger partial charge in [-0.25, -0.2) is 4.98 Å². The molecule has 2 aromatic rings. The quantitative estimate of drug-likeness (QED) is 0.734. The highest BCUT2D eigenvalue weighted by atomic mass is 16.4. The number of aromatic amines is 1. The van der Waals surface area contributed by atoms with Crippen molar-refractivity contribution in [3.8, 4) is 0 Å². The van der Waals surface area contributed by atoms with Gasteiger partial charge in [0.25, 0.3) is 0 Å². The Kier molecular flexibility index (Phi) is 4.50. The zero-order valence-corrected chi connectivity index (χ0v) is 12.7. The number of carboxylic acids is 1. The minimum Gasteiger partial charge on any atom is -0.481 e. The third-order valence-electron chi connectivity index (χ3n) is 4.62. The molecular weight excluding hydrogens is 296 g/mol. The van der Waals surface area contributed by atoms with Gasteiger partial charge in [0.1, 0.15) is 5.82 Å². The van der Waals surface area contributed by atoms with Crippen LogP contribution in [0.5, 0.6) is 0 Å². The second-order valence-corrected chi connectivity index (χ2v) is 6.08. The summed E-state index contributed by atoms with van der Waals surface area (Å²) in [6, 6.07) is 3.58. The molecule has 1 aliphatic carbocycles. The number of hydrogen-bond acceptors (Lipinski definition) is 6. The van der Waals surface area contributed by atoms with Gasteiger partial charge in [0.2, 0.25) is 0 Å². The van der Waals surface area contributed by atoms with E-state index < -0.39 is 11.9 Å². The monoisotopic (exact) mass is 316 g/mol. The maximum absolute atomic E-state index is 11.9. The first kappa shape index (κ1) is 15.4. The lowest BCUT2D eigenvalue weighted by Gasteiger charge is -2.26. The number of carboxylic acid groups (broad SMARTS) is 1. The summed E-state index contributed by atoms with van der Waals surface area (Å²) in [6.07, 6.45) is 6.21. The number of hydrogen-bond donors (Lipinski definition) is 3. The summed E-state index contributed by atoms with van der Waals surface area (Å²) >= 11 is 0. The van der Waals surface area contributed by atoms with Crippen molar-refractivity contribution in [3.05, 3.63) is 29.7 Å². The molecule has 0 radical (unpaired) electrons. The summed E-state index contributed by atoms with van der Waals surface area (Å²) in [5.41, 5.74) is 6.53. The van der Waals surface area contributed by atoms with Gasteiger partial charge in [0.05, 0.1) is 5.92 Å². The lowest BCUT2D eigenvalue weighted by Crippen LogP contribution is -2.30. The standard InChI is InChI=1S/C15H20N6O2/c16-12-6-5-9(8-17-12)7-11(14-18-20-21-19-14)13(15(22)23)10-3-1-2-4-10/h5-6,8,10-11,13H,1-4,7H2,(H2,16,17)(H,22,23)(H,18,19,20,21)/t11-,13-/m0/s1. The van der Waals surface area contributed by atoms with Crippen LogP contribution in [0.4, 0.5) is 5.82 Å². The van der Waals surface area contributed by atoms with Crippen LogP contribution in [0.25, 0.3) is 0 Å². The Morgan fingerprint density at radius 2 is 2.17 bits per heavy atom. The summed E-state index contributed by atoms with van der Waals surface area (Å²) in [6.45, 7) is 0. The molecule has 1 fully saturated rings. The number of nitrogens with zero attached hydrogens (tertiary/aromatic N) is 4. The summed E-state index contributed by atoms with van der Waals surface area (Å²) in [5, 5.41) is 23.9. The Balaban J connectivity index is 1.90. The van der Waals surface area contributed by atoms with Crippen LogP contribution >= 0.6 is 0 Å². The number of nitrogen functional groups attached to an aromatic ring is 1. The van der Waals surface area contributed by atoms with Gasteiger partial charge < -0.3 is 10.8 Å². The Bertz CT molecular complexity index is 636. The van der Waals surface area contributed by atoms with Crippen LogP contribution in [0, 0.1) is 11.8 Å². The van der Waals surface area contributed by atoms with E-state index in [1.54, 1.807) is 12.3 Å². The summed E-state index contributed by atoms with van der Waals surface area (Å²) in [5.74, 6) is -0.614. The van der Waals surface area contributed by atoms with Gasteiger partial charge in [0.15, 0.2) is 5.82 Å². The van der Waals surface area contributed by atoms with Crippen LogP contribution in [0.3, 0.4) is 0 Å². The number of rotatable bonds is 6. The van der Waals surface area contributed by atoms with Crippen molar-refractivity contribution in [1.82, 2.24) is 25.6 Å². The Labute approximate surface area is 133 Å². The molecule has 0 aliphatic heterocycles. The molecule has 8 heteroatoms. The van der Waals surface area contributed by atoms with Crippen molar-refractivity contribution in [3.63, 3.8) is 0 Å². The topological polar surface area (TPSA) is 131 Å². The third kappa shape index (κ3) is 3.46. The van der Waals surface area contributed by atoms with Crippen LogP contribution in [0.1, 0.15) is 43.0 Å². The average molecular weight is 316 g/mol. The molecule has 1 saturated carbocycles. The third-order valence-corrected chi connectivity index (χ3v) is 4.62. The first-order chi connectivity index (χ1) is 11.1. The highest BCUT2D eigenvalue weighted by molar-refractivity contribution is 5.71. The molecular formula is C15H20N6O2. The van der Waals surface area contributed by atoms with Gasteiger partial charge in [-0.3, -0.25) is 4.79 Å². The molecule has 0 bridgehead atoms. The van der Waals surface area contributed by atoms with Gasteiger partial charge >= 0.3 is 5.97 Å². The lowest BCUT2D eigenvalue weighted by atomic mass is 9.77. The van der Waals surface area contributed by atoms with Crippen molar-refractivity contribution < 1.29 is 9.90 Å². The van der Waals surface area contributed by atoms with Crippen LogP contribution in [-0.4, -0.2) is 36.7 Å². The first-order valence-corrected chi connectivity index (χ1v) is 7.81. The van der Waals surface area contributed by atoms with Crippen molar-refractivity contribution in [1.29, 1.82) is 0 Å². The van der Waals surface area contributed by atoms with Crippen molar-refractivity contribution in [2.75, 3.05) is 5.73 Å². The molecule has 0 saturated heterocycles. The van der Waals surface area contributed by atoms with E-state index in [2.05, 4.69) is 25.6 Å². The zero-order chi connectivity index (χ0) is 16.2. The number of tetrazole rings is 1. The first-order valence-electron chi connectivity index (χ1n) is 7.81. The summed E-state index contributed by atoms with van der Waals surface area (Å²) in [4.78, 5) is 16.0. The predicted octanol–water partition coefficient (Wildman–Crippen LogP) is 1.39. The van der Waals surface area contributed by atoms with E-state index in [-0.39, 0.29) is 11.8 Å². The summed E-state index contributed by atoms with van der Waals surface area (Å²) in [7, 11) is 0. The van der Waals surface area contributed by atoms with Gasteiger partial charge in [-0.2, -0.15) is 5.21 Å². The predicted molar refractivity (Wildman–Crippen MR) is 82.4 cm³/mol. The lowest BCUT2D eigenvalue weighted by molar-refractivity contribution is -0.144. The smallest absolute Gasteiger partial charge is 0.307 e. The van der Waals surface area contributed by atoms with Gasteiger partial charge in [0, 0.05) is 12.1 Å².